The standard InChI is InChI=1S/C11H13F3N2O3/c1-6-8-4-3-5-10(8,19-15-6)9(17)18-16-7(2)11(12,13)14/h8H,3-5H2,1-2H3/b16-7+. The molecule has 0 aromatic heterocycles. The molecule has 106 valence electrons. The highest BCUT2D eigenvalue weighted by molar-refractivity contribution is 5.95. The smallest absolute Gasteiger partial charge is 0.376 e. The van der Waals surface area contributed by atoms with Gasteiger partial charge in [0.1, 0.15) is 0 Å². The maximum absolute atomic E-state index is 12.2. The minimum Gasteiger partial charge on any atom is -0.376 e. The molecule has 0 N–H and O–H groups in total. The van der Waals surface area contributed by atoms with Crippen LogP contribution >= 0.6 is 0 Å². The van der Waals surface area contributed by atoms with Gasteiger partial charge in [-0.2, -0.15) is 13.2 Å². The Labute approximate surface area is 107 Å². The molecule has 2 unspecified atom stereocenters. The Balaban J connectivity index is 2.09. The van der Waals surface area contributed by atoms with Gasteiger partial charge in [-0.1, -0.05) is 10.3 Å². The van der Waals surface area contributed by atoms with E-state index < -0.39 is 23.5 Å². The minimum atomic E-state index is -4.62. The molecule has 0 bridgehead atoms. The number of oxime groups is 2. The van der Waals surface area contributed by atoms with E-state index in [1.54, 1.807) is 6.92 Å². The first-order valence-electron chi connectivity index (χ1n) is 5.83. The van der Waals surface area contributed by atoms with Crippen molar-refractivity contribution in [2.24, 2.45) is 16.2 Å². The topological polar surface area (TPSA) is 60.2 Å². The summed E-state index contributed by atoms with van der Waals surface area (Å²) < 4.78 is 36.7. The fourth-order valence-electron chi connectivity index (χ4n) is 2.37. The van der Waals surface area contributed by atoms with Gasteiger partial charge in [0.2, 0.25) is 5.60 Å². The summed E-state index contributed by atoms with van der Waals surface area (Å²) in [5.41, 5.74) is -1.85. The zero-order valence-corrected chi connectivity index (χ0v) is 10.5. The van der Waals surface area contributed by atoms with Gasteiger partial charge >= 0.3 is 12.1 Å². The summed E-state index contributed by atoms with van der Waals surface area (Å²) >= 11 is 0. The Kier molecular flexibility index (Phi) is 3.27. The van der Waals surface area contributed by atoms with Crippen molar-refractivity contribution in [3.05, 3.63) is 0 Å². The molecule has 0 aromatic carbocycles. The number of carbonyl (C=O) groups excluding carboxylic acids is 1. The molecule has 19 heavy (non-hydrogen) atoms. The zero-order chi connectivity index (χ0) is 14.3. The molecule has 2 rings (SSSR count). The van der Waals surface area contributed by atoms with Crippen molar-refractivity contribution in [3.63, 3.8) is 0 Å². The molecular formula is C11H13F3N2O3. The maximum atomic E-state index is 12.2. The second-order valence-electron chi connectivity index (χ2n) is 4.71. The van der Waals surface area contributed by atoms with E-state index in [9.17, 15) is 18.0 Å². The van der Waals surface area contributed by atoms with Crippen molar-refractivity contribution in [1.82, 2.24) is 0 Å². The van der Waals surface area contributed by atoms with Gasteiger partial charge in [0.05, 0.1) is 11.6 Å². The van der Waals surface area contributed by atoms with Crippen LogP contribution in [0.15, 0.2) is 10.3 Å². The Bertz CT molecular complexity index is 459. The molecule has 0 spiro atoms. The molecule has 8 heteroatoms. The van der Waals surface area contributed by atoms with Crippen molar-refractivity contribution in [3.8, 4) is 0 Å². The summed E-state index contributed by atoms with van der Waals surface area (Å²) in [4.78, 5) is 21.4. The summed E-state index contributed by atoms with van der Waals surface area (Å²) in [5, 5.41) is 6.57. The van der Waals surface area contributed by atoms with Crippen molar-refractivity contribution >= 4 is 17.4 Å². The van der Waals surface area contributed by atoms with Crippen molar-refractivity contribution in [1.29, 1.82) is 0 Å². The quantitative estimate of drug-likeness (QED) is 0.443. The van der Waals surface area contributed by atoms with Crippen LogP contribution in [0.2, 0.25) is 0 Å². The summed E-state index contributed by atoms with van der Waals surface area (Å²) in [6, 6.07) is 0. The van der Waals surface area contributed by atoms with Crippen LogP contribution in [0.1, 0.15) is 33.1 Å². The molecule has 0 radical (unpaired) electrons. The lowest BCUT2D eigenvalue weighted by Gasteiger charge is -2.22. The average Bonchev–Trinajstić information content (AvgIpc) is 2.87. The second-order valence-corrected chi connectivity index (χ2v) is 4.71. The average molecular weight is 278 g/mol. The molecule has 1 heterocycles. The van der Waals surface area contributed by atoms with E-state index in [1.807, 2.05) is 0 Å². The normalized spacial score (nSPS) is 30.7. The van der Waals surface area contributed by atoms with Crippen LogP contribution in [0.5, 0.6) is 0 Å². The molecule has 2 aliphatic rings. The van der Waals surface area contributed by atoms with Crippen LogP contribution in [0.3, 0.4) is 0 Å². The van der Waals surface area contributed by atoms with E-state index >= 15 is 0 Å². The maximum Gasteiger partial charge on any atom is 0.432 e. The van der Waals surface area contributed by atoms with Crippen LogP contribution in [0, 0.1) is 5.92 Å². The fourth-order valence-corrected chi connectivity index (χ4v) is 2.37. The van der Waals surface area contributed by atoms with E-state index in [1.165, 1.54) is 0 Å². The van der Waals surface area contributed by atoms with Crippen molar-refractivity contribution < 1.29 is 27.6 Å². The second kappa shape index (κ2) is 4.50. The largest absolute Gasteiger partial charge is 0.432 e. The molecule has 0 amide bonds. The Morgan fingerprint density at radius 2 is 2.26 bits per heavy atom. The summed E-state index contributed by atoms with van der Waals surface area (Å²) in [6.07, 6.45) is -2.81. The number of hydrogen-bond donors (Lipinski definition) is 0. The highest BCUT2D eigenvalue weighted by Gasteiger charge is 2.58. The van der Waals surface area contributed by atoms with Gasteiger partial charge < -0.3 is 9.68 Å². The first kappa shape index (κ1) is 13.8. The van der Waals surface area contributed by atoms with Crippen LogP contribution in [0.4, 0.5) is 13.2 Å². The monoisotopic (exact) mass is 278 g/mol. The van der Waals surface area contributed by atoms with E-state index in [0.717, 1.165) is 13.3 Å². The molecule has 1 fully saturated rings. The van der Waals surface area contributed by atoms with Crippen LogP contribution in [0.25, 0.3) is 0 Å². The van der Waals surface area contributed by atoms with Gasteiger partial charge in [0.25, 0.3) is 0 Å². The minimum absolute atomic E-state index is 0.235. The lowest BCUT2D eigenvalue weighted by atomic mass is 9.88. The Morgan fingerprint density at radius 3 is 2.89 bits per heavy atom. The van der Waals surface area contributed by atoms with Gasteiger partial charge in [-0.25, -0.2) is 4.79 Å². The van der Waals surface area contributed by atoms with Gasteiger partial charge in [-0.3, -0.25) is 0 Å². The van der Waals surface area contributed by atoms with Gasteiger partial charge in [0.15, 0.2) is 5.71 Å². The van der Waals surface area contributed by atoms with Crippen LogP contribution in [-0.4, -0.2) is 29.2 Å². The number of hydrogen-bond acceptors (Lipinski definition) is 5. The van der Waals surface area contributed by atoms with Gasteiger partial charge in [-0.05, 0) is 26.7 Å². The number of rotatable bonds is 2. The predicted octanol–water partition coefficient (Wildman–Crippen LogP) is 2.41. The molecular weight excluding hydrogens is 265 g/mol. The van der Waals surface area contributed by atoms with Crippen LogP contribution < -0.4 is 0 Å². The van der Waals surface area contributed by atoms with Crippen LogP contribution in [-0.2, 0) is 14.5 Å². The van der Waals surface area contributed by atoms with E-state index in [2.05, 4.69) is 15.1 Å². The zero-order valence-electron chi connectivity index (χ0n) is 10.5. The summed E-state index contributed by atoms with van der Waals surface area (Å²) in [6.45, 7) is 2.45. The van der Waals surface area contributed by atoms with Crippen molar-refractivity contribution in [2.75, 3.05) is 0 Å². The van der Waals surface area contributed by atoms with Gasteiger partial charge in [-0.15, -0.1) is 0 Å². The number of alkyl halides is 3. The molecule has 5 nitrogen and oxygen atoms in total. The van der Waals surface area contributed by atoms with E-state index in [-0.39, 0.29) is 5.92 Å². The predicted molar refractivity (Wildman–Crippen MR) is 59.5 cm³/mol. The van der Waals surface area contributed by atoms with E-state index in [0.29, 0.717) is 18.6 Å². The third-order valence-corrected chi connectivity index (χ3v) is 3.48. The highest BCUT2D eigenvalue weighted by atomic mass is 19.4. The third-order valence-electron chi connectivity index (χ3n) is 3.48. The van der Waals surface area contributed by atoms with Crippen molar-refractivity contribution in [2.45, 2.75) is 44.9 Å². The Morgan fingerprint density at radius 1 is 1.58 bits per heavy atom. The number of halogens is 3. The first-order chi connectivity index (χ1) is 8.77. The lowest BCUT2D eigenvalue weighted by molar-refractivity contribution is -0.172. The lowest BCUT2D eigenvalue weighted by Crippen LogP contribution is -2.43. The Hall–Kier alpha value is -1.60. The van der Waals surface area contributed by atoms with E-state index in [4.69, 9.17) is 4.84 Å². The summed E-state index contributed by atoms with van der Waals surface area (Å²) in [5.74, 6) is -1.15. The highest BCUT2D eigenvalue weighted by Crippen LogP contribution is 2.44. The molecule has 0 aromatic rings. The molecule has 1 aliphatic carbocycles. The fraction of sp³-hybridized carbons (Fsp3) is 0.727. The van der Waals surface area contributed by atoms with Gasteiger partial charge in [0, 0.05) is 6.42 Å². The first-order valence-corrected chi connectivity index (χ1v) is 5.83. The SMILES string of the molecule is CC1=NOC2(C(=O)O/N=C(\C)C(F)(F)F)CCCC12. The molecule has 0 saturated heterocycles. The summed E-state index contributed by atoms with van der Waals surface area (Å²) in [7, 11) is 0. The number of nitrogens with zero attached hydrogens (tertiary/aromatic N) is 2. The third kappa shape index (κ3) is 2.31. The molecule has 1 aliphatic heterocycles. The molecule has 1 saturated carbocycles. The molecule has 2 atom stereocenters. The number of carbonyl (C=O) groups is 1. The number of fused-ring (bicyclic) bond motifs is 1.